The number of benzene rings is 1. The second-order valence-corrected chi connectivity index (χ2v) is 5.61. The van der Waals surface area contributed by atoms with Gasteiger partial charge in [0.15, 0.2) is 0 Å². The molecule has 112 valence electrons. The normalized spacial score (nSPS) is 14.1. The number of hydrogen-bond donors (Lipinski definition) is 2. The maximum atomic E-state index is 11.8. The summed E-state index contributed by atoms with van der Waals surface area (Å²) in [5.41, 5.74) is 6.57. The van der Waals surface area contributed by atoms with Crippen molar-refractivity contribution in [1.29, 1.82) is 0 Å². The summed E-state index contributed by atoms with van der Waals surface area (Å²) in [5.74, 6) is 0.167. The zero-order valence-corrected chi connectivity index (χ0v) is 12.7. The Morgan fingerprint density at radius 2 is 2.00 bits per heavy atom. The van der Waals surface area contributed by atoms with Crippen molar-refractivity contribution in [3.63, 3.8) is 0 Å². The van der Waals surface area contributed by atoms with E-state index in [0.29, 0.717) is 13.2 Å². The highest BCUT2D eigenvalue weighted by molar-refractivity contribution is 5.78. The van der Waals surface area contributed by atoms with E-state index >= 15 is 0 Å². The lowest BCUT2D eigenvalue weighted by atomic mass is 9.88. The van der Waals surface area contributed by atoms with Crippen LogP contribution in [0.25, 0.3) is 0 Å². The molecule has 20 heavy (non-hydrogen) atoms. The fraction of sp³-hybridized carbons (Fsp3) is 0.562. The van der Waals surface area contributed by atoms with Crippen LogP contribution in [-0.4, -0.2) is 31.2 Å². The zero-order valence-electron chi connectivity index (χ0n) is 12.7. The molecule has 4 heteroatoms. The van der Waals surface area contributed by atoms with E-state index in [1.807, 2.05) is 51.1 Å². The predicted molar refractivity (Wildman–Crippen MR) is 81.4 cm³/mol. The van der Waals surface area contributed by atoms with Crippen molar-refractivity contribution in [1.82, 2.24) is 5.32 Å². The van der Waals surface area contributed by atoms with Crippen molar-refractivity contribution in [2.75, 3.05) is 19.8 Å². The SMILES string of the molecule is CC(C)C(C)(CN)NC(=O)COCCc1ccccc1. The first-order chi connectivity index (χ1) is 9.48. The Morgan fingerprint density at radius 3 is 2.55 bits per heavy atom. The van der Waals surface area contributed by atoms with Gasteiger partial charge in [0.05, 0.1) is 12.1 Å². The fourth-order valence-corrected chi connectivity index (χ4v) is 1.79. The summed E-state index contributed by atoms with van der Waals surface area (Å²) < 4.78 is 5.42. The van der Waals surface area contributed by atoms with Crippen LogP contribution >= 0.6 is 0 Å². The van der Waals surface area contributed by atoms with Crippen molar-refractivity contribution in [2.24, 2.45) is 11.7 Å². The van der Waals surface area contributed by atoms with Crippen molar-refractivity contribution < 1.29 is 9.53 Å². The Bertz CT molecular complexity index is 406. The molecular formula is C16H26N2O2. The number of carbonyl (C=O) groups is 1. The molecule has 3 N–H and O–H groups in total. The van der Waals surface area contributed by atoms with Crippen LogP contribution < -0.4 is 11.1 Å². The van der Waals surface area contributed by atoms with Gasteiger partial charge in [-0.1, -0.05) is 44.2 Å². The molecule has 0 bridgehead atoms. The summed E-state index contributed by atoms with van der Waals surface area (Å²) >= 11 is 0. The van der Waals surface area contributed by atoms with Crippen LogP contribution in [0.1, 0.15) is 26.3 Å². The molecule has 0 aliphatic rings. The molecule has 0 radical (unpaired) electrons. The summed E-state index contributed by atoms with van der Waals surface area (Å²) in [6.45, 7) is 7.08. The molecule has 0 saturated heterocycles. The van der Waals surface area contributed by atoms with Crippen LogP contribution in [-0.2, 0) is 16.0 Å². The van der Waals surface area contributed by atoms with Crippen LogP contribution in [0.3, 0.4) is 0 Å². The summed E-state index contributed by atoms with van der Waals surface area (Å²) in [7, 11) is 0. The molecule has 0 saturated carbocycles. The van der Waals surface area contributed by atoms with Crippen LogP contribution in [0.15, 0.2) is 30.3 Å². The molecule has 1 amide bonds. The van der Waals surface area contributed by atoms with Crippen LogP contribution in [0, 0.1) is 5.92 Å². The highest BCUT2D eigenvalue weighted by atomic mass is 16.5. The molecule has 1 aromatic rings. The van der Waals surface area contributed by atoms with Gasteiger partial charge in [-0.15, -0.1) is 0 Å². The Morgan fingerprint density at radius 1 is 1.35 bits per heavy atom. The number of rotatable bonds is 8. The van der Waals surface area contributed by atoms with Gasteiger partial charge in [-0.25, -0.2) is 0 Å². The van der Waals surface area contributed by atoms with E-state index in [4.69, 9.17) is 10.5 Å². The van der Waals surface area contributed by atoms with Crippen molar-refractivity contribution >= 4 is 5.91 Å². The van der Waals surface area contributed by atoms with E-state index in [-0.39, 0.29) is 24.0 Å². The minimum atomic E-state index is -0.375. The molecule has 4 nitrogen and oxygen atoms in total. The van der Waals surface area contributed by atoms with Gasteiger partial charge in [0.1, 0.15) is 6.61 Å². The average molecular weight is 278 g/mol. The summed E-state index contributed by atoms with van der Waals surface area (Å²) in [6, 6.07) is 10.1. The summed E-state index contributed by atoms with van der Waals surface area (Å²) in [4.78, 5) is 11.8. The number of ether oxygens (including phenoxy) is 1. The molecule has 0 aliphatic carbocycles. The molecule has 0 aliphatic heterocycles. The Balaban J connectivity index is 2.27. The lowest BCUT2D eigenvalue weighted by Crippen LogP contribution is -2.55. The van der Waals surface area contributed by atoms with Crippen LogP contribution in [0.2, 0.25) is 0 Å². The monoisotopic (exact) mass is 278 g/mol. The third kappa shape index (κ3) is 5.31. The van der Waals surface area contributed by atoms with Crippen molar-refractivity contribution in [2.45, 2.75) is 32.7 Å². The third-order valence-corrected chi connectivity index (χ3v) is 3.73. The van der Waals surface area contributed by atoms with E-state index in [0.717, 1.165) is 6.42 Å². The standard InChI is InChI=1S/C16H26N2O2/c1-13(2)16(3,12-17)18-15(19)11-20-10-9-14-7-5-4-6-8-14/h4-8,13H,9-12,17H2,1-3H3,(H,18,19). The minimum Gasteiger partial charge on any atom is -0.371 e. The first-order valence-corrected chi connectivity index (χ1v) is 7.10. The molecule has 1 atom stereocenters. The third-order valence-electron chi connectivity index (χ3n) is 3.73. The average Bonchev–Trinajstić information content (AvgIpc) is 2.44. The quantitative estimate of drug-likeness (QED) is 0.712. The van der Waals surface area contributed by atoms with E-state index in [1.165, 1.54) is 5.56 Å². The topological polar surface area (TPSA) is 64.3 Å². The van der Waals surface area contributed by atoms with E-state index < -0.39 is 0 Å². The highest BCUT2D eigenvalue weighted by Crippen LogP contribution is 2.14. The lowest BCUT2D eigenvalue weighted by molar-refractivity contribution is -0.127. The number of carbonyl (C=O) groups excluding carboxylic acids is 1. The second kappa shape index (κ2) is 8.02. The Hall–Kier alpha value is -1.39. The smallest absolute Gasteiger partial charge is 0.246 e. The molecule has 1 aromatic carbocycles. The van der Waals surface area contributed by atoms with Gasteiger partial charge in [0.25, 0.3) is 0 Å². The molecule has 0 aromatic heterocycles. The maximum absolute atomic E-state index is 11.8. The molecule has 0 spiro atoms. The number of nitrogens with two attached hydrogens (primary N) is 1. The molecule has 0 heterocycles. The Labute approximate surface area is 121 Å². The highest BCUT2D eigenvalue weighted by Gasteiger charge is 2.28. The van der Waals surface area contributed by atoms with E-state index in [1.54, 1.807) is 0 Å². The minimum absolute atomic E-state index is 0.0785. The summed E-state index contributed by atoms with van der Waals surface area (Å²) in [6.07, 6.45) is 0.812. The van der Waals surface area contributed by atoms with Gasteiger partial charge in [0.2, 0.25) is 5.91 Å². The summed E-state index contributed by atoms with van der Waals surface area (Å²) in [5, 5.41) is 2.95. The van der Waals surface area contributed by atoms with Gasteiger partial charge in [-0.3, -0.25) is 4.79 Å². The van der Waals surface area contributed by atoms with E-state index in [9.17, 15) is 4.79 Å². The van der Waals surface area contributed by atoms with E-state index in [2.05, 4.69) is 5.32 Å². The second-order valence-electron chi connectivity index (χ2n) is 5.61. The van der Waals surface area contributed by atoms with Gasteiger partial charge in [-0.2, -0.15) is 0 Å². The number of nitrogens with one attached hydrogen (secondary N) is 1. The lowest BCUT2D eigenvalue weighted by Gasteiger charge is -2.33. The number of amides is 1. The first-order valence-electron chi connectivity index (χ1n) is 7.10. The molecule has 1 unspecified atom stereocenters. The van der Waals surface area contributed by atoms with Gasteiger partial charge < -0.3 is 15.8 Å². The van der Waals surface area contributed by atoms with Crippen molar-refractivity contribution in [3.05, 3.63) is 35.9 Å². The molecular weight excluding hydrogens is 252 g/mol. The predicted octanol–water partition coefficient (Wildman–Crippen LogP) is 1.74. The maximum Gasteiger partial charge on any atom is 0.246 e. The van der Waals surface area contributed by atoms with Gasteiger partial charge in [0, 0.05) is 6.54 Å². The Kier molecular flexibility index (Phi) is 6.68. The largest absolute Gasteiger partial charge is 0.371 e. The first kappa shape index (κ1) is 16.7. The van der Waals surface area contributed by atoms with Crippen LogP contribution in [0.4, 0.5) is 0 Å². The molecule has 0 fully saturated rings. The van der Waals surface area contributed by atoms with Crippen molar-refractivity contribution in [3.8, 4) is 0 Å². The van der Waals surface area contributed by atoms with Gasteiger partial charge >= 0.3 is 0 Å². The fourth-order valence-electron chi connectivity index (χ4n) is 1.79. The number of hydrogen-bond acceptors (Lipinski definition) is 3. The molecule has 1 rings (SSSR count). The van der Waals surface area contributed by atoms with Gasteiger partial charge in [-0.05, 0) is 24.8 Å². The van der Waals surface area contributed by atoms with Crippen LogP contribution in [0.5, 0.6) is 0 Å². The zero-order chi connectivity index (χ0) is 15.0.